The first kappa shape index (κ1) is 15.3. The van der Waals surface area contributed by atoms with Gasteiger partial charge < -0.3 is 10.1 Å². The molecule has 1 saturated carbocycles. The van der Waals surface area contributed by atoms with E-state index < -0.39 is 4.92 Å². The molecule has 2 unspecified atom stereocenters. The van der Waals surface area contributed by atoms with Gasteiger partial charge >= 0.3 is 5.97 Å². The van der Waals surface area contributed by atoms with E-state index in [4.69, 9.17) is 4.74 Å². The van der Waals surface area contributed by atoms with Crippen LogP contribution in [-0.4, -0.2) is 23.5 Å². The molecule has 1 N–H and O–H groups in total. The molecule has 0 saturated heterocycles. The van der Waals surface area contributed by atoms with E-state index in [0.29, 0.717) is 11.6 Å². The minimum atomic E-state index is -0.476. The lowest BCUT2D eigenvalue weighted by atomic mass is 9.89. The molecule has 1 aromatic rings. The molecule has 6 heteroatoms. The lowest BCUT2D eigenvalue weighted by molar-refractivity contribution is -0.383. The van der Waals surface area contributed by atoms with E-state index in [1.165, 1.54) is 12.5 Å². The Balaban J connectivity index is 1.85. The van der Waals surface area contributed by atoms with Crippen LogP contribution in [0.4, 0.5) is 11.4 Å². The minimum Gasteiger partial charge on any atom is -0.461 e. The van der Waals surface area contributed by atoms with Gasteiger partial charge in [-0.25, -0.2) is 0 Å². The number of nitrogens with zero attached hydrogens (tertiary/aromatic N) is 1. The van der Waals surface area contributed by atoms with Crippen LogP contribution in [0, 0.1) is 16.0 Å². The lowest BCUT2D eigenvalue weighted by Gasteiger charge is -2.26. The van der Waals surface area contributed by atoms with Crippen molar-refractivity contribution in [3.8, 4) is 0 Å². The average molecular weight is 292 g/mol. The second-order valence-corrected chi connectivity index (χ2v) is 5.51. The van der Waals surface area contributed by atoms with Gasteiger partial charge in [0.2, 0.25) is 0 Å². The summed E-state index contributed by atoms with van der Waals surface area (Å²) in [4.78, 5) is 22.2. The molecule has 0 amide bonds. The number of anilines is 1. The molecule has 21 heavy (non-hydrogen) atoms. The van der Waals surface area contributed by atoms with E-state index in [9.17, 15) is 14.9 Å². The molecule has 1 aliphatic carbocycles. The van der Waals surface area contributed by atoms with Gasteiger partial charge in [0.25, 0.3) is 5.69 Å². The number of hydrogen-bond acceptors (Lipinski definition) is 5. The van der Waals surface area contributed by atoms with E-state index in [0.717, 1.165) is 19.3 Å². The SMILES string of the molecule is CC1CCCC(OC(=O)CNc2ccccc2[N+](=O)[O-])C1. The van der Waals surface area contributed by atoms with Crippen molar-refractivity contribution in [3.63, 3.8) is 0 Å². The van der Waals surface area contributed by atoms with Gasteiger partial charge in [-0.1, -0.05) is 25.5 Å². The van der Waals surface area contributed by atoms with Gasteiger partial charge in [0.05, 0.1) is 4.92 Å². The standard InChI is InChI=1S/C15H20N2O4/c1-11-5-4-6-12(9-11)21-15(18)10-16-13-7-2-3-8-14(13)17(19)20/h2-3,7-8,11-12,16H,4-6,9-10H2,1H3. The summed E-state index contributed by atoms with van der Waals surface area (Å²) in [6.07, 6.45) is 4.05. The van der Waals surface area contributed by atoms with E-state index in [1.54, 1.807) is 18.2 Å². The fourth-order valence-electron chi connectivity index (χ4n) is 2.66. The minimum absolute atomic E-state index is 0.0196. The number of ether oxygens (including phenoxy) is 1. The Morgan fingerprint density at radius 3 is 2.90 bits per heavy atom. The number of benzene rings is 1. The monoisotopic (exact) mass is 292 g/mol. The fourth-order valence-corrected chi connectivity index (χ4v) is 2.66. The Morgan fingerprint density at radius 2 is 2.19 bits per heavy atom. The number of nitro groups is 1. The third-order valence-corrected chi connectivity index (χ3v) is 3.71. The molecule has 6 nitrogen and oxygen atoms in total. The quantitative estimate of drug-likeness (QED) is 0.512. The Kier molecular flexibility index (Phi) is 5.14. The summed E-state index contributed by atoms with van der Waals surface area (Å²) in [6.45, 7) is 2.10. The molecule has 1 aromatic carbocycles. The number of carbonyl (C=O) groups excluding carboxylic acids is 1. The topological polar surface area (TPSA) is 81.5 Å². The van der Waals surface area contributed by atoms with Crippen LogP contribution in [0.25, 0.3) is 0 Å². The first-order chi connectivity index (χ1) is 10.1. The van der Waals surface area contributed by atoms with Crippen molar-refractivity contribution in [1.29, 1.82) is 0 Å². The maximum Gasteiger partial charge on any atom is 0.325 e. The molecule has 2 atom stereocenters. The van der Waals surface area contributed by atoms with Crippen molar-refractivity contribution >= 4 is 17.3 Å². The first-order valence-electron chi connectivity index (χ1n) is 7.23. The van der Waals surface area contributed by atoms with Gasteiger partial charge in [0.1, 0.15) is 18.3 Å². The van der Waals surface area contributed by atoms with Crippen LogP contribution in [0.1, 0.15) is 32.6 Å². The average Bonchev–Trinajstić information content (AvgIpc) is 2.45. The summed E-state index contributed by atoms with van der Waals surface area (Å²) >= 11 is 0. The second-order valence-electron chi connectivity index (χ2n) is 5.51. The fraction of sp³-hybridized carbons (Fsp3) is 0.533. The largest absolute Gasteiger partial charge is 0.461 e. The number of hydrogen-bond donors (Lipinski definition) is 1. The van der Waals surface area contributed by atoms with Gasteiger partial charge in [0.15, 0.2) is 0 Å². The van der Waals surface area contributed by atoms with Crippen molar-refractivity contribution in [1.82, 2.24) is 0 Å². The molecule has 2 rings (SSSR count). The molecule has 0 heterocycles. The number of para-hydroxylation sites is 2. The summed E-state index contributed by atoms with van der Waals surface area (Å²) in [5.74, 6) is 0.215. The first-order valence-corrected chi connectivity index (χ1v) is 7.23. The van der Waals surface area contributed by atoms with Crippen LogP contribution in [0.15, 0.2) is 24.3 Å². The molecule has 1 fully saturated rings. The molecule has 0 bridgehead atoms. The molecule has 0 radical (unpaired) electrons. The van der Waals surface area contributed by atoms with Crippen LogP contribution < -0.4 is 5.32 Å². The smallest absolute Gasteiger partial charge is 0.325 e. The maximum absolute atomic E-state index is 11.8. The number of nitrogens with one attached hydrogen (secondary N) is 1. The summed E-state index contributed by atoms with van der Waals surface area (Å²) in [6, 6.07) is 6.25. The molecule has 0 spiro atoms. The third-order valence-electron chi connectivity index (χ3n) is 3.71. The zero-order valence-corrected chi connectivity index (χ0v) is 12.1. The molecule has 0 aromatic heterocycles. The van der Waals surface area contributed by atoms with Crippen LogP contribution in [0.3, 0.4) is 0 Å². The van der Waals surface area contributed by atoms with Crippen LogP contribution in [0.2, 0.25) is 0 Å². The van der Waals surface area contributed by atoms with Crippen molar-refractivity contribution < 1.29 is 14.5 Å². The van der Waals surface area contributed by atoms with Crippen LogP contribution in [-0.2, 0) is 9.53 Å². The van der Waals surface area contributed by atoms with E-state index in [1.807, 2.05) is 0 Å². The highest BCUT2D eigenvalue weighted by Gasteiger charge is 2.22. The predicted molar refractivity (Wildman–Crippen MR) is 79.1 cm³/mol. The molecule has 1 aliphatic rings. The molecular formula is C15H20N2O4. The number of rotatable bonds is 5. The van der Waals surface area contributed by atoms with Gasteiger partial charge in [0, 0.05) is 6.07 Å². The summed E-state index contributed by atoms with van der Waals surface area (Å²) < 4.78 is 5.41. The zero-order valence-electron chi connectivity index (χ0n) is 12.1. The van der Waals surface area contributed by atoms with Crippen molar-refractivity contribution in [3.05, 3.63) is 34.4 Å². The Hall–Kier alpha value is -2.11. The van der Waals surface area contributed by atoms with Gasteiger partial charge in [-0.3, -0.25) is 14.9 Å². The van der Waals surface area contributed by atoms with Crippen molar-refractivity contribution in [2.75, 3.05) is 11.9 Å². The van der Waals surface area contributed by atoms with Crippen molar-refractivity contribution in [2.45, 2.75) is 38.7 Å². The predicted octanol–water partition coefficient (Wildman–Crippen LogP) is 3.13. The Bertz CT molecular complexity index is 518. The number of esters is 1. The summed E-state index contributed by atoms with van der Waals surface area (Å²) in [5.41, 5.74) is 0.285. The van der Waals surface area contributed by atoms with Gasteiger partial charge in [-0.15, -0.1) is 0 Å². The highest BCUT2D eigenvalue weighted by molar-refractivity contribution is 5.76. The van der Waals surface area contributed by atoms with E-state index in [-0.39, 0.29) is 24.3 Å². The second kappa shape index (κ2) is 7.06. The lowest BCUT2D eigenvalue weighted by Crippen LogP contribution is -2.27. The summed E-state index contributed by atoms with van der Waals surface area (Å²) in [7, 11) is 0. The van der Waals surface area contributed by atoms with E-state index >= 15 is 0 Å². The Labute approximate surface area is 123 Å². The Morgan fingerprint density at radius 1 is 1.43 bits per heavy atom. The highest BCUT2D eigenvalue weighted by Crippen LogP contribution is 2.26. The highest BCUT2D eigenvalue weighted by atomic mass is 16.6. The molecular weight excluding hydrogens is 272 g/mol. The molecule has 114 valence electrons. The zero-order chi connectivity index (χ0) is 15.2. The number of nitro benzene ring substituents is 1. The van der Waals surface area contributed by atoms with Crippen molar-refractivity contribution in [2.24, 2.45) is 5.92 Å². The normalized spacial score (nSPS) is 21.6. The van der Waals surface area contributed by atoms with Gasteiger partial charge in [-0.05, 0) is 31.2 Å². The third kappa shape index (κ3) is 4.44. The van der Waals surface area contributed by atoms with Crippen LogP contribution >= 0.6 is 0 Å². The van der Waals surface area contributed by atoms with Crippen LogP contribution in [0.5, 0.6) is 0 Å². The van der Waals surface area contributed by atoms with E-state index in [2.05, 4.69) is 12.2 Å². The maximum atomic E-state index is 11.8. The summed E-state index contributed by atoms with van der Waals surface area (Å²) in [5, 5.41) is 13.6. The number of carbonyl (C=O) groups is 1. The van der Waals surface area contributed by atoms with Gasteiger partial charge in [-0.2, -0.15) is 0 Å². The molecule has 0 aliphatic heterocycles.